The molecule has 0 aliphatic rings. The molecule has 2 N–H and O–H groups in total. The third-order valence-electron chi connectivity index (χ3n) is 3.55. The van der Waals surface area contributed by atoms with Crippen molar-refractivity contribution in [3.63, 3.8) is 0 Å². The van der Waals surface area contributed by atoms with E-state index in [2.05, 4.69) is 17.3 Å². The third-order valence-corrected chi connectivity index (χ3v) is 3.55. The molecule has 0 unspecified atom stereocenters. The van der Waals surface area contributed by atoms with Gasteiger partial charge in [0.25, 0.3) is 0 Å². The van der Waals surface area contributed by atoms with Gasteiger partial charge in [-0.1, -0.05) is 25.5 Å². The number of aromatic nitrogens is 2. The van der Waals surface area contributed by atoms with Gasteiger partial charge in [-0.05, 0) is 31.0 Å². The largest absolute Gasteiger partial charge is 0.396 e. The smallest absolute Gasteiger partial charge is 0.321 e. The number of nitrogens with one attached hydrogen (secondary N) is 1. The number of nitrogens with zero attached hydrogens (tertiary/aromatic N) is 3. The van der Waals surface area contributed by atoms with E-state index in [0.717, 1.165) is 18.5 Å². The molecule has 2 amide bonds. The minimum absolute atomic E-state index is 0.0831. The molecule has 1 aromatic carbocycles. The molecule has 0 aliphatic heterocycles. The minimum atomic E-state index is -0.147. The number of hydrogen-bond acceptors (Lipinski definition) is 3. The molecule has 2 aromatic rings. The Morgan fingerprint density at radius 2 is 2.04 bits per heavy atom. The second kappa shape index (κ2) is 8.95. The Balaban J connectivity index is 2.11. The zero-order valence-electron chi connectivity index (χ0n) is 13.5. The molecule has 1 aromatic heterocycles. The second-order valence-corrected chi connectivity index (χ2v) is 5.32. The fraction of sp³-hybridized carbons (Fsp3) is 0.412. The molecule has 0 atom stereocenters. The third kappa shape index (κ3) is 4.82. The van der Waals surface area contributed by atoms with Crippen molar-refractivity contribution in [3.8, 4) is 5.69 Å². The van der Waals surface area contributed by atoms with E-state index in [-0.39, 0.29) is 12.6 Å². The molecule has 6 heteroatoms. The second-order valence-electron chi connectivity index (χ2n) is 5.32. The molecule has 0 radical (unpaired) electrons. The lowest BCUT2D eigenvalue weighted by Gasteiger charge is -2.23. The Bertz CT molecular complexity index is 590. The van der Waals surface area contributed by atoms with Gasteiger partial charge < -0.3 is 15.3 Å². The maximum Gasteiger partial charge on any atom is 0.321 e. The van der Waals surface area contributed by atoms with Crippen LogP contribution in [0.5, 0.6) is 0 Å². The number of anilines is 1. The number of carbonyl (C=O) groups is 1. The van der Waals surface area contributed by atoms with Gasteiger partial charge in [0.05, 0.1) is 11.4 Å². The van der Waals surface area contributed by atoms with Crippen LogP contribution >= 0.6 is 0 Å². The Kier molecular flexibility index (Phi) is 6.62. The number of hydrogen-bond donors (Lipinski definition) is 2. The Morgan fingerprint density at radius 3 is 2.74 bits per heavy atom. The number of para-hydroxylation sites is 2. The summed E-state index contributed by atoms with van der Waals surface area (Å²) in [5.74, 6) is 0. The monoisotopic (exact) mass is 316 g/mol. The van der Waals surface area contributed by atoms with E-state index in [1.807, 2.05) is 36.5 Å². The molecule has 2 rings (SSSR count). The number of benzene rings is 1. The molecule has 0 saturated heterocycles. The van der Waals surface area contributed by atoms with Crippen LogP contribution in [0.3, 0.4) is 0 Å². The summed E-state index contributed by atoms with van der Waals surface area (Å²) in [5, 5.41) is 16.2. The number of aliphatic hydroxyl groups is 1. The summed E-state index contributed by atoms with van der Waals surface area (Å²) >= 11 is 0. The van der Waals surface area contributed by atoms with Gasteiger partial charge in [0.2, 0.25) is 0 Å². The van der Waals surface area contributed by atoms with E-state index >= 15 is 0 Å². The molecule has 6 nitrogen and oxygen atoms in total. The molecule has 0 aliphatic carbocycles. The van der Waals surface area contributed by atoms with Crippen LogP contribution in [0.1, 0.15) is 26.2 Å². The van der Waals surface area contributed by atoms with Gasteiger partial charge in [-0.15, -0.1) is 0 Å². The zero-order valence-corrected chi connectivity index (χ0v) is 13.5. The number of carbonyl (C=O) groups excluding carboxylic acids is 1. The van der Waals surface area contributed by atoms with E-state index in [1.54, 1.807) is 15.8 Å². The van der Waals surface area contributed by atoms with Crippen LogP contribution in [0.2, 0.25) is 0 Å². The van der Waals surface area contributed by atoms with Crippen LogP contribution in [-0.4, -0.2) is 45.5 Å². The van der Waals surface area contributed by atoms with Gasteiger partial charge in [0.1, 0.15) is 0 Å². The van der Waals surface area contributed by atoms with Crippen molar-refractivity contribution in [2.75, 3.05) is 25.0 Å². The topological polar surface area (TPSA) is 70.4 Å². The SMILES string of the molecule is CCCCN(CCCO)C(=O)Nc1ccccc1-n1cccn1. The molecule has 0 saturated carbocycles. The maximum atomic E-state index is 12.5. The van der Waals surface area contributed by atoms with Crippen LogP contribution in [0.15, 0.2) is 42.7 Å². The molecule has 1 heterocycles. The van der Waals surface area contributed by atoms with Crippen LogP contribution in [0.25, 0.3) is 5.69 Å². The Morgan fingerprint density at radius 1 is 1.26 bits per heavy atom. The Hall–Kier alpha value is -2.34. The first-order valence-electron chi connectivity index (χ1n) is 8.02. The van der Waals surface area contributed by atoms with Gasteiger partial charge in [0, 0.05) is 32.1 Å². The van der Waals surface area contributed by atoms with Gasteiger partial charge >= 0.3 is 6.03 Å². The van der Waals surface area contributed by atoms with Crippen molar-refractivity contribution < 1.29 is 9.90 Å². The first-order valence-corrected chi connectivity index (χ1v) is 8.02. The van der Waals surface area contributed by atoms with Crippen molar-refractivity contribution in [2.45, 2.75) is 26.2 Å². The highest BCUT2D eigenvalue weighted by molar-refractivity contribution is 5.91. The molecule has 124 valence electrons. The van der Waals surface area contributed by atoms with Gasteiger partial charge in [0.15, 0.2) is 0 Å². The van der Waals surface area contributed by atoms with Crippen LogP contribution in [0, 0.1) is 0 Å². The fourth-order valence-electron chi connectivity index (χ4n) is 2.31. The average Bonchev–Trinajstić information content (AvgIpc) is 3.09. The van der Waals surface area contributed by atoms with E-state index < -0.39 is 0 Å². The number of amides is 2. The predicted molar refractivity (Wildman–Crippen MR) is 90.8 cm³/mol. The summed E-state index contributed by atoms with van der Waals surface area (Å²) in [6.07, 6.45) is 6.09. The lowest BCUT2D eigenvalue weighted by Crippen LogP contribution is -2.37. The highest BCUT2D eigenvalue weighted by atomic mass is 16.3. The maximum absolute atomic E-state index is 12.5. The number of rotatable bonds is 8. The highest BCUT2D eigenvalue weighted by Crippen LogP contribution is 2.19. The number of unbranched alkanes of at least 4 members (excludes halogenated alkanes) is 1. The van der Waals surface area contributed by atoms with E-state index in [9.17, 15) is 4.79 Å². The fourth-order valence-corrected chi connectivity index (χ4v) is 2.31. The molecule has 0 bridgehead atoms. The zero-order chi connectivity index (χ0) is 16.5. The lowest BCUT2D eigenvalue weighted by molar-refractivity contribution is 0.201. The normalized spacial score (nSPS) is 10.5. The van der Waals surface area contributed by atoms with Gasteiger partial charge in [-0.2, -0.15) is 5.10 Å². The van der Waals surface area contributed by atoms with Crippen molar-refractivity contribution in [1.82, 2.24) is 14.7 Å². The molecule has 0 fully saturated rings. The first-order chi connectivity index (χ1) is 11.3. The standard InChI is InChI=1S/C17H24N4O2/c1-2-3-11-20(12-7-14-22)17(23)19-15-8-4-5-9-16(15)21-13-6-10-18-21/h4-6,8-10,13,22H,2-3,7,11-12,14H2,1H3,(H,19,23). The van der Waals surface area contributed by atoms with Gasteiger partial charge in [-0.3, -0.25) is 0 Å². The van der Waals surface area contributed by atoms with E-state index in [4.69, 9.17) is 5.11 Å². The molecule has 23 heavy (non-hydrogen) atoms. The minimum Gasteiger partial charge on any atom is -0.396 e. The summed E-state index contributed by atoms with van der Waals surface area (Å²) < 4.78 is 1.72. The average molecular weight is 316 g/mol. The highest BCUT2D eigenvalue weighted by Gasteiger charge is 2.14. The summed E-state index contributed by atoms with van der Waals surface area (Å²) in [5.41, 5.74) is 1.54. The summed E-state index contributed by atoms with van der Waals surface area (Å²) in [7, 11) is 0. The predicted octanol–water partition coefficient (Wildman–Crippen LogP) is 2.89. The number of aliphatic hydroxyl groups excluding tert-OH is 1. The van der Waals surface area contributed by atoms with Crippen molar-refractivity contribution in [3.05, 3.63) is 42.7 Å². The molecule has 0 spiro atoms. The van der Waals surface area contributed by atoms with Crippen molar-refractivity contribution in [2.24, 2.45) is 0 Å². The quantitative estimate of drug-likeness (QED) is 0.786. The van der Waals surface area contributed by atoms with Crippen LogP contribution in [0.4, 0.5) is 10.5 Å². The summed E-state index contributed by atoms with van der Waals surface area (Å²) in [4.78, 5) is 14.3. The van der Waals surface area contributed by atoms with Gasteiger partial charge in [-0.25, -0.2) is 9.48 Å². The first kappa shape index (κ1) is 17.0. The van der Waals surface area contributed by atoms with Crippen LogP contribution in [-0.2, 0) is 0 Å². The van der Waals surface area contributed by atoms with E-state index in [1.165, 1.54) is 0 Å². The number of urea groups is 1. The van der Waals surface area contributed by atoms with Crippen molar-refractivity contribution >= 4 is 11.7 Å². The van der Waals surface area contributed by atoms with Crippen molar-refractivity contribution in [1.29, 1.82) is 0 Å². The molecular weight excluding hydrogens is 292 g/mol. The summed E-state index contributed by atoms with van der Waals surface area (Å²) in [6.45, 7) is 3.41. The molecular formula is C17H24N4O2. The summed E-state index contributed by atoms with van der Waals surface area (Å²) in [6, 6.07) is 9.26. The lowest BCUT2D eigenvalue weighted by atomic mass is 10.2. The van der Waals surface area contributed by atoms with E-state index in [0.29, 0.717) is 25.2 Å². The van der Waals surface area contributed by atoms with Crippen LogP contribution < -0.4 is 5.32 Å². The Labute approximate surface area is 136 Å².